The number of hydrogen-bond acceptors (Lipinski definition) is 4. The van der Waals surface area contributed by atoms with E-state index in [1.54, 1.807) is 12.1 Å². The standard InChI is InChI=1S/C21H33NO4/c1-5-26-21(25)22(12-11-16-9-10-18(23)19(24)13-16)17-8-6-7-15(4)20(17)14(2)3/h9-10,13-15,17,20,23-24H,5-8,11-12H2,1-4H3. The first-order valence-electron chi connectivity index (χ1n) is 9.79. The lowest BCUT2D eigenvalue weighted by atomic mass is 9.70. The Balaban J connectivity index is 2.19. The zero-order chi connectivity index (χ0) is 19.3. The molecule has 5 heteroatoms. The first-order chi connectivity index (χ1) is 12.3. The minimum absolute atomic E-state index is 0.128. The van der Waals surface area contributed by atoms with Crippen molar-refractivity contribution in [2.75, 3.05) is 13.2 Å². The van der Waals surface area contributed by atoms with E-state index in [2.05, 4.69) is 20.8 Å². The molecule has 1 aliphatic carbocycles. The molecule has 146 valence electrons. The van der Waals surface area contributed by atoms with Gasteiger partial charge in [-0.2, -0.15) is 0 Å². The van der Waals surface area contributed by atoms with Gasteiger partial charge in [-0.25, -0.2) is 4.79 Å². The molecule has 0 radical (unpaired) electrons. The molecule has 0 spiro atoms. The molecule has 0 aromatic heterocycles. The first kappa shape index (κ1) is 20.4. The fourth-order valence-corrected chi connectivity index (χ4v) is 4.45. The highest BCUT2D eigenvalue weighted by Gasteiger charge is 2.38. The molecule has 0 saturated heterocycles. The largest absolute Gasteiger partial charge is 0.504 e. The molecule has 1 saturated carbocycles. The van der Waals surface area contributed by atoms with Gasteiger partial charge in [-0.05, 0) is 55.2 Å². The molecule has 1 aliphatic rings. The molecule has 1 amide bonds. The summed E-state index contributed by atoms with van der Waals surface area (Å²) < 4.78 is 5.35. The number of ether oxygens (including phenoxy) is 1. The van der Waals surface area contributed by atoms with Crippen LogP contribution in [0.3, 0.4) is 0 Å². The third-order valence-corrected chi connectivity index (χ3v) is 5.61. The van der Waals surface area contributed by atoms with Crippen LogP contribution in [0.1, 0.15) is 52.5 Å². The zero-order valence-electron chi connectivity index (χ0n) is 16.4. The van der Waals surface area contributed by atoms with Crippen LogP contribution in [0.15, 0.2) is 18.2 Å². The van der Waals surface area contributed by atoms with Crippen LogP contribution < -0.4 is 0 Å². The van der Waals surface area contributed by atoms with E-state index in [1.807, 2.05) is 11.8 Å². The molecular weight excluding hydrogens is 330 g/mol. The van der Waals surface area contributed by atoms with Gasteiger partial charge in [0.05, 0.1) is 6.61 Å². The number of phenols is 2. The maximum Gasteiger partial charge on any atom is 0.410 e. The third kappa shape index (κ3) is 4.83. The predicted molar refractivity (Wildman–Crippen MR) is 102 cm³/mol. The highest BCUT2D eigenvalue weighted by Crippen LogP contribution is 2.38. The van der Waals surface area contributed by atoms with Crippen LogP contribution in [0, 0.1) is 17.8 Å². The van der Waals surface area contributed by atoms with Gasteiger partial charge in [-0.3, -0.25) is 0 Å². The number of nitrogens with zero attached hydrogens (tertiary/aromatic N) is 1. The molecule has 1 fully saturated rings. The predicted octanol–water partition coefficient (Wildman–Crippen LogP) is 4.56. The summed E-state index contributed by atoms with van der Waals surface area (Å²) in [6.45, 7) is 9.50. The summed E-state index contributed by atoms with van der Waals surface area (Å²) in [5, 5.41) is 19.2. The summed E-state index contributed by atoms with van der Waals surface area (Å²) >= 11 is 0. The second-order valence-electron chi connectivity index (χ2n) is 7.76. The molecule has 3 unspecified atom stereocenters. The highest BCUT2D eigenvalue weighted by atomic mass is 16.6. The fraction of sp³-hybridized carbons (Fsp3) is 0.667. The van der Waals surface area contributed by atoms with E-state index in [1.165, 1.54) is 12.5 Å². The molecule has 0 heterocycles. The summed E-state index contributed by atoms with van der Waals surface area (Å²) in [7, 11) is 0. The van der Waals surface area contributed by atoms with Crippen molar-refractivity contribution < 1.29 is 19.7 Å². The fourth-order valence-electron chi connectivity index (χ4n) is 4.45. The number of aromatic hydroxyl groups is 2. The Morgan fingerprint density at radius 3 is 2.62 bits per heavy atom. The van der Waals surface area contributed by atoms with Crippen molar-refractivity contribution >= 4 is 6.09 Å². The lowest BCUT2D eigenvalue weighted by molar-refractivity contribution is 0.0321. The molecule has 0 aliphatic heterocycles. The number of benzene rings is 1. The van der Waals surface area contributed by atoms with Crippen LogP contribution in [0.25, 0.3) is 0 Å². The van der Waals surface area contributed by atoms with Crippen molar-refractivity contribution in [2.24, 2.45) is 17.8 Å². The van der Waals surface area contributed by atoms with Crippen LogP contribution in [0.2, 0.25) is 0 Å². The van der Waals surface area contributed by atoms with Crippen LogP contribution >= 0.6 is 0 Å². The van der Waals surface area contributed by atoms with Crippen LogP contribution in [-0.4, -0.2) is 40.4 Å². The monoisotopic (exact) mass is 363 g/mol. The number of amides is 1. The molecule has 0 bridgehead atoms. The molecule has 3 atom stereocenters. The summed E-state index contributed by atoms with van der Waals surface area (Å²) in [6, 6.07) is 5.01. The van der Waals surface area contributed by atoms with Gasteiger partial charge in [0.25, 0.3) is 0 Å². The van der Waals surface area contributed by atoms with Gasteiger partial charge in [-0.1, -0.05) is 39.7 Å². The molecule has 1 aromatic rings. The van der Waals surface area contributed by atoms with Crippen LogP contribution in [0.4, 0.5) is 4.79 Å². The van der Waals surface area contributed by atoms with Crippen LogP contribution in [0.5, 0.6) is 11.5 Å². The third-order valence-electron chi connectivity index (χ3n) is 5.61. The maximum absolute atomic E-state index is 12.7. The van der Waals surface area contributed by atoms with E-state index < -0.39 is 0 Å². The van der Waals surface area contributed by atoms with E-state index in [4.69, 9.17) is 4.74 Å². The van der Waals surface area contributed by atoms with Crippen molar-refractivity contribution in [3.63, 3.8) is 0 Å². The smallest absolute Gasteiger partial charge is 0.410 e. The minimum Gasteiger partial charge on any atom is -0.504 e. The van der Waals surface area contributed by atoms with E-state index in [0.717, 1.165) is 18.4 Å². The number of hydrogen-bond donors (Lipinski definition) is 2. The van der Waals surface area contributed by atoms with E-state index in [9.17, 15) is 15.0 Å². The zero-order valence-corrected chi connectivity index (χ0v) is 16.4. The summed E-state index contributed by atoms with van der Waals surface area (Å²) in [4.78, 5) is 14.6. The lowest BCUT2D eigenvalue weighted by Gasteiger charge is -2.44. The second-order valence-corrected chi connectivity index (χ2v) is 7.76. The SMILES string of the molecule is CCOC(=O)N(CCc1ccc(O)c(O)c1)C1CCCC(C)C1C(C)C. The van der Waals surface area contributed by atoms with E-state index in [0.29, 0.717) is 37.3 Å². The first-order valence-corrected chi connectivity index (χ1v) is 9.79. The highest BCUT2D eigenvalue weighted by molar-refractivity contribution is 5.68. The van der Waals surface area contributed by atoms with Crippen molar-refractivity contribution in [3.8, 4) is 11.5 Å². The molecule has 5 nitrogen and oxygen atoms in total. The molecule has 2 N–H and O–H groups in total. The normalized spacial score (nSPS) is 23.0. The van der Waals surface area contributed by atoms with Crippen molar-refractivity contribution in [1.29, 1.82) is 0 Å². The maximum atomic E-state index is 12.7. The average molecular weight is 363 g/mol. The van der Waals surface area contributed by atoms with Crippen molar-refractivity contribution in [3.05, 3.63) is 23.8 Å². The average Bonchev–Trinajstić information content (AvgIpc) is 2.58. The Morgan fingerprint density at radius 2 is 2.00 bits per heavy atom. The number of rotatable bonds is 6. The topological polar surface area (TPSA) is 70.0 Å². The van der Waals surface area contributed by atoms with Crippen molar-refractivity contribution in [2.45, 2.75) is 59.4 Å². The summed E-state index contributed by atoms with van der Waals surface area (Å²) in [5.41, 5.74) is 0.888. The van der Waals surface area contributed by atoms with Gasteiger partial charge >= 0.3 is 6.09 Å². The van der Waals surface area contributed by atoms with E-state index in [-0.39, 0.29) is 23.6 Å². The molecule has 2 rings (SSSR count). The Kier molecular flexibility index (Phi) is 7.18. The van der Waals surface area contributed by atoms with Gasteiger partial charge in [0, 0.05) is 12.6 Å². The Labute approximate surface area is 157 Å². The quantitative estimate of drug-likeness (QED) is 0.727. The Morgan fingerprint density at radius 1 is 1.27 bits per heavy atom. The molecule has 1 aromatic carbocycles. The van der Waals surface area contributed by atoms with Gasteiger partial charge in [0.15, 0.2) is 11.5 Å². The number of carbonyl (C=O) groups excluding carboxylic acids is 1. The van der Waals surface area contributed by atoms with E-state index >= 15 is 0 Å². The van der Waals surface area contributed by atoms with Crippen molar-refractivity contribution in [1.82, 2.24) is 4.90 Å². The van der Waals surface area contributed by atoms with Gasteiger partial charge in [0.2, 0.25) is 0 Å². The molecule has 26 heavy (non-hydrogen) atoms. The Bertz CT molecular complexity index is 602. The van der Waals surface area contributed by atoms with Crippen LogP contribution in [-0.2, 0) is 11.2 Å². The molecular formula is C21H33NO4. The second kappa shape index (κ2) is 9.15. The minimum atomic E-state index is -0.250. The Hall–Kier alpha value is -1.91. The number of carbonyl (C=O) groups is 1. The van der Waals surface area contributed by atoms with Gasteiger partial charge < -0.3 is 19.8 Å². The summed E-state index contributed by atoms with van der Waals surface area (Å²) in [5.74, 6) is 1.29. The van der Waals surface area contributed by atoms with Gasteiger partial charge in [0.1, 0.15) is 0 Å². The summed E-state index contributed by atoms with van der Waals surface area (Å²) in [6.07, 6.45) is 3.71. The number of phenolic OH excluding ortho intramolecular Hbond substituents is 2. The lowest BCUT2D eigenvalue weighted by Crippen LogP contribution is -2.50. The van der Waals surface area contributed by atoms with Gasteiger partial charge in [-0.15, -0.1) is 0 Å².